The van der Waals surface area contributed by atoms with Gasteiger partial charge in [-0.15, -0.1) is 0 Å². The number of carbonyl (C=O) groups is 2. The summed E-state index contributed by atoms with van der Waals surface area (Å²) in [6, 6.07) is 9.92. The number of anilines is 2. The average molecular weight is 689 g/mol. The Hall–Kier alpha value is -3.97. The number of nitriles is 1. The van der Waals surface area contributed by atoms with Gasteiger partial charge in [0.05, 0.1) is 28.6 Å². The van der Waals surface area contributed by atoms with E-state index in [0.29, 0.717) is 0 Å². The van der Waals surface area contributed by atoms with Crippen molar-refractivity contribution in [3.05, 3.63) is 87.1 Å². The molecule has 0 spiro atoms. The predicted molar refractivity (Wildman–Crippen MR) is 134 cm³/mol. The Morgan fingerprint density at radius 2 is 1.57 bits per heavy atom. The third-order valence-electron chi connectivity index (χ3n) is 5.46. The number of amides is 2. The molecule has 1 atom stereocenters. The standard InChI is InChI=1S/C25H12BrClF9N3O3/c26-15-8-13(23(31,24(27,32)33)25(34,35)36)9-17(42-22(29)30)19(15)39-21(41)14-2-1-3-16(18(14)28)38-20(40)12-6-4-11(10-37)5-7-12/h1-9,22H,(H,38,40)(H,39,41). The number of hydrogen-bond acceptors (Lipinski definition) is 4. The second-order valence-electron chi connectivity index (χ2n) is 8.13. The highest BCUT2D eigenvalue weighted by atomic mass is 79.9. The van der Waals surface area contributed by atoms with Crippen molar-refractivity contribution in [2.75, 3.05) is 10.6 Å². The third-order valence-corrected chi connectivity index (χ3v) is 6.34. The van der Waals surface area contributed by atoms with Gasteiger partial charge in [-0.3, -0.25) is 9.59 Å². The summed E-state index contributed by atoms with van der Waals surface area (Å²) in [5.41, 5.74) is -9.60. The molecule has 1 unspecified atom stereocenters. The Morgan fingerprint density at radius 3 is 2.10 bits per heavy atom. The fourth-order valence-electron chi connectivity index (χ4n) is 3.45. The summed E-state index contributed by atoms with van der Waals surface area (Å²) in [6.07, 6.45) is -6.35. The molecule has 17 heteroatoms. The SMILES string of the molecule is N#Cc1ccc(C(=O)Nc2cccc(C(=O)Nc3c(Br)cc(C(F)(C(F)(F)F)C(F)(F)Cl)cc3OC(F)F)c2F)cc1. The lowest BCUT2D eigenvalue weighted by Gasteiger charge is -2.32. The van der Waals surface area contributed by atoms with Crippen LogP contribution in [0.25, 0.3) is 0 Å². The van der Waals surface area contributed by atoms with E-state index in [9.17, 15) is 44.7 Å². The van der Waals surface area contributed by atoms with Crippen molar-refractivity contribution < 1.29 is 53.8 Å². The molecule has 0 aliphatic heterocycles. The molecule has 0 aromatic heterocycles. The van der Waals surface area contributed by atoms with Crippen LogP contribution in [0.15, 0.2) is 59.1 Å². The van der Waals surface area contributed by atoms with Crippen molar-refractivity contribution >= 4 is 50.7 Å². The van der Waals surface area contributed by atoms with Crippen LogP contribution < -0.4 is 15.4 Å². The predicted octanol–water partition coefficient (Wildman–Crippen LogP) is 8.12. The second-order valence-corrected chi connectivity index (χ2v) is 9.46. The van der Waals surface area contributed by atoms with Crippen molar-refractivity contribution in [2.24, 2.45) is 0 Å². The highest BCUT2D eigenvalue weighted by Crippen LogP contribution is 2.56. The number of nitrogens with zero attached hydrogens (tertiary/aromatic N) is 1. The molecular weight excluding hydrogens is 677 g/mol. The normalized spacial score (nSPS) is 13.2. The van der Waals surface area contributed by atoms with Gasteiger partial charge in [-0.1, -0.05) is 6.07 Å². The molecule has 0 aliphatic rings. The van der Waals surface area contributed by atoms with E-state index in [-0.39, 0.29) is 23.3 Å². The van der Waals surface area contributed by atoms with Gasteiger partial charge in [0.25, 0.3) is 11.8 Å². The fraction of sp³-hybridized carbons (Fsp3) is 0.160. The summed E-state index contributed by atoms with van der Waals surface area (Å²) in [6.45, 7) is -3.81. The summed E-state index contributed by atoms with van der Waals surface area (Å²) >= 11 is 6.99. The second kappa shape index (κ2) is 12.1. The van der Waals surface area contributed by atoms with Crippen molar-refractivity contribution in [2.45, 2.75) is 23.8 Å². The number of hydrogen-bond donors (Lipinski definition) is 2. The van der Waals surface area contributed by atoms with E-state index in [1.54, 1.807) is 0 Å². The first-order valence-corrected chi connectivity index (χ1v) is 12.1. The number of halogens is 11. The maximum atomic E-state index is 15.2. The van der Waals surface area contributed by atoms with Gasteiger partial charge in [0.2, 0.25) is 0 Å². The average Bonchev–Trinajstić information content (AvgIpc) is 2.89. The van der Waals surface area contributed by atoms with Crippen molar-refractivity contribution in [1.29, 1.82) is 5.26 Å². The molecule has 0 bridgehead atoms. The van der Waals surface area contributed by atoms with Crippen LogP contribution in [-0.4, -0.2) is 30.0 Å². The molecule has 0 aliphatic carbocycles. The molecule has 0 radical (unpaired) electrons. The van der Waals surface area contributed by atoms with E-state index in [0.717, 1.165) is 18.2 Å². The number of benzene rings is 3. The molecule has 42 heavy (non-hydrogen) atoms. The van der Waals surface area contributed by atoms with E-state index >= 15 is 4.39 Å². The zero-order valence-electron chi connectivity index (χ0n) is 20.1. The number of alkyl halides is 9. The molecule has 3 aromatic carbocycles. The first-order valence-electron chi connectivity index (χ1n) is 10.9. The third kappa shape index (κ3) is 6.57. The molecule has 222 valence electrons. The topological polar surface area (TPSA) is 91.2 Å². The van der Waals surface area contributed by atoms with Gasteiger partial charge in [-0.25, -0.2) is 8.78 Å². The van der Waals surface area contributed by atoms with Gasteiger partial charge in [0, 0.05) is 15.6 Å². The van der Waals surface area contributed by atoms with Crippen LogP contribution in [0.5, 0.6) is 5.75 Å². The van der Waals surface area contributed by atoms with Crippen LogP contribution in [0.4, 0.5) is 50.9 Å². The van der Waals surface area contributed by atoms with Crippen LogP contribution in [0, 0.1) is 17.1 Å². The monoisotopic (exact) mass is 687 g/mol. The van der Waals surface area contributed by atoms with E-state index in [4.69, 9.17) is 5.26 Å². The molecular formula is C25H12BrClF9N3O3. The zero-order chi connectivity index (χ0) is 31.6. The summed E-state index contributed by atoms with van der Waals surface area (Å²) in [5, 5.41) is 7.27. The summed E-state index contributed by atoms with van der Waals surface area (Å²) in [5.74, 6) is -5.04. The van der Waals surface area contributed by atoms with Crippen molar-refractivity contribution in [3.63, 3.8) is 0 Å². The number of carbonyl (C=O) groups excluding carboxylic acids is 2. The lowest BCUT2D eigenvalue weighted by molar-refractivity contribution is -0.286. The summed E-state index contributed by atoms with van der Waals surface area (Å²) < 4.78 is 127. The van der Waals surface area contributed by atoms with Gasteiger partial charge in [-0.05, 0) is 76.1 Å². The Bertz CT molecular complexity index is 1540. The Labute approximate surface area is 243 Å². The Morgan fingerprint density at radius 1 is 0.952 bits per heavy atom. The molecule has 2 N–H and O–H groups in total. The zero-order valence-corrected chi connectivity index (χ0v) is 22.4. The molecule has 0 heterocycles. The Balaban J connectivity index is 1.99. The highest BCUT2D eigenvalue weighted by molar-refractivity contribution is 9.10. The van der Waals surface area contributed by atoms with Gasteiger partial charge in [-0.2, -0.15) is 36.0 Å². The van der Waals surface area contributed by atoms with Gasteiger partial charge < -0.3 is 15.4 Å². The van der Waals surface area contributed by atoms with E-state index in [2.05, 4.69) is 37.6 Å². The minimum absolute atomic E-state index is 0.00591. The lowest BCUT2D eigenvalue weighted by Crippen LogP contribution is -2.49. The Kier molecular flexibility index (Phi) is 9.38. The minimum atomic E-state index is -6.35. The maximum Gasteiger partial charge on any atom is 0.434 e. The molecule has 0 saturated carbocycles. The number of nitrogens with one attached hydrogen (secondary N) is 2. The minimum Gasteiger partial charge on any atom is -0.433 e. The van der Waals surface area contributed by atoms with Gasteiger partial charge in [0.1, 0.15) is 0 Å². The molecule has 2 amide bonds. The highest BCUT2D eigenvalue weighted by Gasteiger charge is 2.72. The van der Waals surface area contributed by atoms with Crippen LogP contribution in [0.2, 0.25) is 0 Å². The maximum absolute atomic E-state index is 15.2. The number of ether oxygens (including phenoxy) is 1. The van der Waals surface area contributed by atoms with Crippen molar-refractivity contribution in [1.82, 2.24) is 0 Å². The van der Waals surface area contributed by atoms with Crippen LogP contribution in [0.3, 0.4) is 0 Å². The smallest absolute Gasteiger partial charge is 0.433 e. The summed E-state index contributed by atoms with van der Waals surface area (Å²) in [4.78, 5) is 25.3. The van der Waals surface area contributed by atoms with Crippen LogP contribution in [-0.2, 0) is 5.67 Å². The molecule has 0 fully saturated rings. The quantitative estimate of drug-likeness (QED) is 0.185. The van der Waals surface area contributed by atoms with Crippen LogP contribution >= 0.6 is 27.5 Å². The molecule has 6 nitrogen and oxygen atoms in total. The first kappa shape index (κ1) is 32.5. The van der Waals surface area contributed by atoms with Gasteiger partial charge >= 0.3 is 23.8 Å². The van der Waals surface area contributed by atoms with Crippen molar-refractivity contribution in [3.8, 4) is 11.8 Å². The van der Waals surface area contributed by atoms with E-state index < -0.39 is 74.2 Å². The van der Waals surface area contributed by atoms with E-state index in [1.165, 1.54) is 24.3 Å². The molecule has 3 rings (SSSR count). The van der Waals surface area contributed by atoms with Crippen LogP contribution in [0.1, 0.15) is 31.8 Å². The molecule has 0 saturated heterocycles. The largest absolute Gasteiger partial charge is 0.434 e. The fourth-order valence-corrected chi connectivity index (χ4v) is 4.21. The van der Waals surface area contributed by atoms with E-state index in [1.807, 2.05) is 11.4 Å². The number of rotatable bonds is 8. The summed E-state index contributed by atoms with van der Waals surface area (Å²) in [7, 11) is 0. The first-order chi connectivity index (χ1) is 19.4. The van der Waals surface area contributed by atoms with Gasteiger partial charge in [0.15, 0.2) is 11.6 Å². The molecule has 3 aromatic rings. The lowest BCUT2D eigenvalue weighted by atomic mass is 9.94.